The van der Waals surface area contributed by atoms with Gasteiger partial charge in [0.05, 0.1) is 6.67 Å². The summed E-state index contributed by atoms with van der Waals surface area (Å²) in [5.41, 5.74) is -2.19. The molecule has 1 aliphatic rings. The molecule has 0 spiro atoms. The Morgan fingerprint density at radius 2 is 0.941 bits per heavy atom. The molecule has 0 heterocycles. The van der Waals surface area contributed by atoms with Crippen LogP contribution in [0.15, 0.2) is 0 Å². The Kier molecular flexibility index (Phi) is 10.4. The third-order valence-corrected chi connectivity index (χ3v) is 4.73. The van der Waals surface area contributed by atoms with Crippen molar-refractivity contribution in [1.29, 1.82) is 0 Å². The molecule has 0 aromatic heterocycles. The van der Waals surface area contributed by atoms with Crippen LogP contribution in [0.1, 0.15) is 54.4 Å². The van der Waals surface area contributed by atoms with Crippen LogP contribution in [-0.4, -0.2) is 78.6 Å². The van der Waals surface area contributed by atoms with E-state index in [1.165, 1.54) is 0 Å². The Morgan fingerprint density at radius 1 is 0.588 bits per heavy atom. The second kappa shape index (κ2) is 12.3. The summed E-state index contributed by atoms with van der Waals surface area (Å²) < 4.78 is 45.4. The number of rotatable bonds is 9. The van der Waals surface area contributed by atoms with E-state index in [2.05, 4.69) is 0 Å². The van der Waals surface area contributed by atoms with Crippen LogP contribution in [0.4, 0.5) is 4.39 Å². The molecular weight excluding hydrogens is 463 g/mol. The predicted molar refractivity (Wildman–Crippen MR) is 107 cm³/mol. The van der Waals surface area contributed by atoms with E-state index in [0.29, 0.717) is 0 Å². The van der Waals surface area contributed by atoms with Crippen molar-refractivity contribution < 1.29 is 61.6 Å². The second-order valence-electron chi connectivity index (χ2n) is 7.62. The van der Waals surface area contributed by atoms with Gasteiger partial charge >= 0.3 is 35.8 Å². The van der Waals surface area contributed by atoms with Crippen molar-refractivity contribution in [3.8, 4) is 0 Å². The number of alkyl halides is 1. The van der Waals surface area contributed by atoms with Crippen LogP contribution in [0.5, 0.6) is 0 Å². The third kappa shape index (κ3) is 7.39. The Hall–Kier alpha value is -3.25. The van der Waals surface area contributed by atoms with Crippen LogP contribution < -0.4 is 0 Å². The summed E-state index contributed by atoms with van der Waals surface area (Å²) in [5.74, 6) is -5.59. The number of halogens is 1. The first-order chi connectivity index (χ1) is 15.7. The molecule has 1 saturated carbocycles. The molecule has 1 aliphatic carbocycles. The largest absolute Gasteiger partial charge is 0.454 e. The molecule has 0 bridgehead atoms. The molecule has 192 valence electrons. The van der Waals surface area contributed by atoms with E-state index >= 15 is 0 Å². The highest BCUT2D eigenvalue weighted by atomic mass is 19.1. The molecule has 0 aromatic rings. The maximum Gasteiger partial charge on any atom is 0.303 e. The summed E-state index contributed by atoms with van der Waals surface area (Å²) in [4.78, 5) is 72.0. The highest BCUT2D eigenvalue weighted by Gasteiger charge is 2.68. The molecule has 0 amide bonds. The molecule has 1 rings (SSSR count). The minimum Gasteiger partial charge on any atom is -0.454 e. The van der Waals surface area contributed by atoms with E-state index in [1.54, 1.807) is 0 Å². The topological polar surface area (TPSA) is 158 Å². The Bertz CT molecular complexity index is 766. The first-order valence-electron chi connectivity index (χ1n) is 10.4. The molecule has 12 nitrogen and oxygen atoms in total. The van der Waals surface area contributed by atoms with E-state index in [4.69, 9.17) is 28.4 Å². The molecule has 0 aliphatic heterocycles. The molecule has 4 unspecified atom stereocenters. The Labute approximate surface area is 195 Å². The standard InChI is InChI=1S/C21H29FO12/c1-10(23)29-16-17(30-11(2)24)19(32-13(4)26)21(8-7-9-22,34-15(6)28)20(33-14(5)27)18(16)31-12(3)25/h16-20H,7-9H2,1-6H3. The lowest BCUT2D eigenvalue weighted by molar-refractivity contribution is -0.291. The average Bonchev–Trinajstić information content (AvgIpc) is 2.67. The molecule has 13 heteroatoms. The van der Waals surface area contributed by atoms with Gasteiger partial charge in [-0.25, -0.2) is 0 Å². The smallest absolute Gasteiger partial charge is 0.303 e. The molecule has 0 saturated heterocycles. The van der Waals surface area contributed by atoms with Crippen molar-refractivity contribution >= 4 is 35.8 Å². The monoisotopic (exact) mass is 492 g/mol. The molecule has 4 atom stereocenters. The van der Waals surface area contributed by atoms with E-state index in [-0.39, 0.29) is 6.42 Å². The summed E-state index contributed by atoms with van der Waals surface area (Å²) >= 11 is 0. The van der Waals surface area contributed by atoms with Gasteiger partial charge < -0.3 is 28.4 Å². The molecule has 1 fully saturated rings. The summed E-state index contributed by atoms with van der Waals surface area (Å²) in [7, 11) is 0. The zero-order valence-corrected chi connectivity index (χ0v) is 19.8. The van der Waals surface area contributed by atoms with Crippen molar-refractivity contribution in [2.24, 2.45) is 0 Å². The van der Waals surface area contributed by atoms with Gasteiger partial charge in [-0.1, -0.05) is 0 Å². The third-order valence-electron chi connectivity index (χ3n) is 4.73. The lowest BCUT2D eigenvalue weighted by Crippen LogP contribution is -2.75. The number of carbonyl (C=O) groups is 6. The van der Waals surface area contributed by atoms with E-state index in [9.17, 15) is 33.2 Å². The maximum absolute atomic E-state index is 13.3. The highest BCUT2D eigenvalue weighted by Crippen LogP contribution is 2.44. The summed E-state index contributed by atoms with van der Waals surface area (Å²) in [6.07, 6.45) is -9.24. The summed E-state index contributed by atoms with van der Waals surface area (Å²) in [6, 6.07) is 0. The normalized spacial score (nSPS) is 28.1. The van der Waals surface area contributed by atoms with Crippen molar-refractivity contribution in [3.05, 3.63) is 0 Å². The molecular formula is C21H29FO12. The van der Waals surface area contributed by atoms with Gasteiger partial charge in [-0.05, 0) is 12.8 Å². The predicted octanol–water partition coefficient (Wildman–Crippen LogP) is 0.710. The van der Waals surface area contributed by atoms with Gasteiger partial charge in [0.2, 0.25) is 0 Å². The Morgan fingerprint density at radius 3 is 1.24 bits per heavy atom. The lowest BCUT2D eigenvalue weighted by atomic mass is 9.71. The van der Waals surface area contributed by atoms with Crippen LogP contribution >= 0.6 is 0 Å². The minimum atomic E-state index is -2.19. The van der Waals surface area contributed by atoms with Gasteiger partial charge in [-0.3, -0.25) is 33.2 Å². The fraction of sp³-hybridized carbons (Fsp3) is 0.714. The van der Waals surface area contributed by atoms with Gasteiger partial charge in [0.25, 0.3) is 0 Å². The minimum absolute atomic E-state index is 0.291. The van der Waals surface area contributed by atoms with Crippen molar-refractivity contribution in [2.45, 2.75) is 90.5 Å². The van der Waals surface area contributed by atoms with Gasteiger partial charge in [-0.15, -0.1) is 0 Å². The maximum atomic E-state index is 13.3. The van der Waals surface area contributed by atoms with Gasteiger partial charge in [-0.2, -0.15) is 0 Å². The quantitative estimate of drug-likeness (QED) is 0.328. The number of esters is 6. The molecule has 34 heavy (non-hydrogen) atoms. The molecule has 0 aromatic carbocycles. The molecule has 0 N–H and O–H groups in total. The first-order valence-corrected chi connectivity index (χ1v) is 10.4. The average molecular weight is 492 g/mol. The number of hydrogen-bond acceptors (Lipinski definition) is 12. The number of ether oxygens (including phenoxy) is 6. The first kappa shape index (κ1) is 28.8. The number of hydrogen-bond donors (Lipinski definition) is 0. The van der Waals surface area contributed by atoms with Crippen LogP contribution in [0.3, 0.4) is 0 Å². The van der Waals surface area contributed by atoms with E-state index in [0.717, 1.165) is 41.5 Å². The zero-order valence-electron chi connectivity index (χ0n) is 19.8. The highest BCUT2D eigenvalue weighted by molar-refractivity contribution is 5.71. The van der Waals surface area contributed by atoms with Gasteiger partial charge in [0, 0.05) is 41.5 Å². The SMILES string of the molecule is CC(=O)OC1C(OC(C)=O)C(OC(C)=O)C(CCCF)(OC(C)=O)C(OC(C)=O)C1OC(C)=O. The van der Waals surface area contributed by atoms with Gasteiger partial charge in [0.1, 0.15) is 0 Å². The van der Waals surface area contributed by atoms with Gasteiger partial charge in [0.15, 0.2) is 36.1 Å². The van der Waals surface area contributed by atoms with E-state index < -0.39 is 85.0 Å². The van der Waals surface area contributed by atoms with E-state index in [1.807, 2.05) is 0 Å². The summed E-state index contributed by atoms with van der Waals surface area (Å²) in [6.45, 7) is 5.08. The second-order valence-corrected chi connectivity index (χ2v) is 7.62. The zero-order chi connectivity index (χ0) is 26.2. The van der Waals surface area contributed by atoms with Crippen LogP contribution in [0.25, 0.3) is 0 Å². The lowest BCUT2D eigenvalue weighted by Gasteiger charge is -2.53. The fourth-order valence-corrected chi connectivity index (χ4v) is 3.97. The van der Waals surface area contributed by atoms with Crippen LogP contribution in [-0.2, 0) is 57.2 Å². The van der Waals surface area contributed by atoms with Crippen molar-refractivity contribution in [2.75, 3.05) is 6.67 Å². The van der Waals surface area contributed by atoms with Crippen molar-refractivity contribution in [3.63, 3.8) is 0 Å². The number of carbonyl (C=O) groups excluding carboxylic acids is 6. The van der Waals surface area contributed by atoms with Crippen LogP contribution in [0.2, 0.25) is 0 Å². The van der Waals surface area contributed by atoms with Crippen LogP contribution in [0, 0.1) is 0 Å². The summed E-state index contributed by atoms with van der Waals surface area (Å²) in [5, 5.41) is 0. The Balaban J connectivity index is 4.00. The fourth-order valence-electron chi connectivity index (χ4n) is 3.97. The molecule has 0 radical (unpaired) electrons. The van der Waals surface area contributed by atoms with Crippen molar-refractivity contribution in [1.82, 2.24) is 0 Å².